The Labute approximate surface area is 155 Å². The highest BCUT2D eigenvalue weighted by molar-refractivity contribution is 5.85. The predicted octanol–water partition coefficient (Wildman–Crippen LogP) is 4.31. The number of aromatic nitrogens is 3. The smallest absolute Gasteiger partial charge is 0.230 e. The maximum atomic E-state index is 11.0. The molecule has 0 spiro atoms. The van der Waals surface area contributed by atoms with E-state index in [0.29, 0.717) is 28.8 Å². The van der Waals surface area contributed by atoms with Gasteiger partial charge < -0.3 is 9.47 Å². The molecular formula is C21H15N3O3. The van der Waals surface area contributed by atoms with Crippen LogP contribution in [0.2, 0.25) is 0 Å². The van der Waals surface area contributed by atoms with Gasteiger partial charge in [0, 0.05) is 23.5 Å². The summed E-state index contributed by atoms with van der Waals surface area (Å²) in [6.07, 6.45) is 4.15. The molecule has 2 heterocycles. The summed E-state index contributed by atoms with van der Waals surface area (Å²) < 4.78 is 11.4. The number of para-hydroxylation sites is 1. The molecule has 0 saturated heterocycles. The Morgan fingerprint density at radius 1 is 0.963 bits per heavy atom. The number of ether oxygens (including phenoxy) is 2. The lowest BCUT2D eigenvalue weighted by Crippen LogP contribution is -1.98. The van der Waals surface area contributed by atoms with E-state index in [-0.39, 0.29) is 0 Å². The summed E-state index contributed by atoms with van der Waals surface area (Å²) in [7, 11) is 1.52. The van der Waals surface area contributed by atoms with Gasteiger partial charge in [-0.25, -0.2) is 4.98 Å². The highest BCUT2D eigenvalue weighted by atomic mass is 16.5. The standard InChI is InChI=1S/C21H15N3O3/c1-26-19-11-14(13-25)8-9-18(19)27-21-16-6-2-3-7-17(16)23-20(24-21)15-5-4-10-22-12-15/h2-13H,1H3. The molecule has 132 valence electrons. The minimum Gasteiger partial charge on any atom is -0.493 e. The molecule has 4 aromatic rings. The lowest BCUT2D eigenvalue weighted by molar-refractivity contribution is 0.112. The number of benzene rings is 2. The van der Waals surface area contributed by atoms with Gasteiger partial charge in [0.05, 0.1) is 18.0 Å². The Morgan fingerprint density at radius 3 is 2.63 bits per heavy atom. The van der Waals surface area contributed by atoms with E-state index in [0.717, 1.165) is 22.8 Å². The van der Waals surface area contributed by atoms with Crippen molar-refractivity contribution in [3.63, 3.8) is 0 Å². The first-order valence-corrected chi connectivity index (χ1v) is 8.27. The Bertz CT molecular complexity index is 1110. The first-order valence-electron chi connectivity index (χ1n) is 8.27. The molecule has 0 aliphatic rings. The normalized spacial score (nSPS) is 10.6. The molecule has 6 nitrogen and oxygen atoms in total. The van der Waals surface area contributed by atoms with Crippen molar-refractivity contribution in [3.05, 3.63) is 72.6 Å². The van der Waals surface area contributed by atoms with Crippen LogP contribution in [0.1, 0.15) is 10.4 Å². The summed E-state index contributed by atoms with van der Waals surface area (Å²) in [4.78, 5) is 24.3. The minimum atomic E-state index is 0.400. The van der Waals surface area contributed by atoms with E-state index >= 15 is 0 Å². The summed E-state index contributed by atoms with van der Waals surface area (Å²) in [5.41, 5.74) is 2.05. The quantitative estimate of drug-likeness (QED) is 0.496. The molecule has 0 amide bonds. The van der Waals surface area contributed by atoms with Gasteiger partial charge in [0.25, 0.3) is 0 Å². The van der Waals surface area contributed by atoms with E-state index in [1.807, 2.05) is 36.4 Å². The minimum absolute atomic E-state index is 0.400. The monoisotopic (exact) mass is 357 g/mol. The first-order chi connectivity index (χ1) is 13.3. The molecule has 2 aromatic heterocycles. The average molecular weight is 357 g/mol. The highest BCUT2D eigenvalue weighted by Gasteiger charge is 2.14. The number of nitrogens with zero attached hydrogens (tertiary/aromatic N) is 3. The van der Waals surface area contributed by atoms with Crippen LogP contribution in [0.15, 0.2) is 67.0 Å². The van der Waals surface area contributed by atoms with Gasteiger partial charge in [0.15, 0.2) is 17.3 Å². The van der Waals surface area contributed by atoms with Crippen LogP contribution in [0.4, 0.5) is 0 Å². The van der Waals surface area contributed by atoms with Gasteiger partial charge in [-0.2, -0.15) is 4.98 Å². The van der Waals surface area contributed by atoms with Crippen LogP contribution >= 0.6 is 0 Å². The Balaban J connectivity index is 1.85. The summed E-state index contributed by atoms with van der Waals surface area (Å²) >= 11 is 0. The van der Waals surface area contributed by atoms with Crippen molar-refractivity contribution in [3.8, 4) is 28.8 Å². The number of aldehydes is 1. The van der Waals surface area contributed by atoms with Crippen LogP contribution in [0.5, 0.6) is 17.4 Å². The van der Waals surface area contributed by atoms with Crippen molar-refractivity contribution in [2.45, 2.75) is 0 Å². The lowest BCUT2D eigenvalue weighted by atomic mass is 10.2. The molecule has 0 N–H and O–H groups in total. The zero-order chi connectivity index (χ0) is 18.6. The van der Waals surface area contributed by atoms with Gasteiger partial charge in [-0.3, -0.25) is 9.78 Å². The molecule has 4 rings (SSSR count). The van der Waals surface area contributed by atoms with E-state index in [9.17, 15) is 4.79 Å². The van der Waals surface area contributed by atoms with Crippen LogP contribution in [-0.2, 0) is 0 Å². The van der Waals surface area contributed by atoms with Crippen LogP contribution < -0.4 is 9.47 Å². The molecule has 0 atom stereocenters. The highest BCUT2D eigenvalue weighted by Crippen LogP contribution is 2.35. The maximum absolute atomic E-state index is 11.0. The molecule has 0 saturated carbocycles. The van der Waals surface area contributed by atoms with Gasteiger partial charge >= 0.3 is 0 Å². The second-order valence-electron chi connectivity index (χ2n) is 5.74. The van der Waals surface area contributed by atoms with E-state index in [4.69, 9.17) is 9.47 Å². The van der Waals surface area contributed by atoms with Crippen molar-refractivity contribution >= 4 is 17.2 Å². The summed E-state index contributed by atoms with van der Waals surface area (Å²) in [6, 6.07) is 16.3. The molecule has 0 aliphatic carbocycles. The second-order valence-corrected chi connectivity index (χ2v) is 5.74. The van der Waals surface area contributed by atoms with Crippen molar-refractivity contribution in [2.24, 2.45) is 0 Å². The van der Waals surface area contributed by atoms with E-state index in [2.05, 4.69) is 15.0 Å². The molecule has 0 fully saturated rings. The van der Waals surface area contributed by atoms with Crippen LogP contribution in [-0.4, -0.2) is 28.3 Å². The van der Waals surface area contributed by atoms with Crippen LogP contribution in [0.25, 0.3) is 22.3 Å². The summed E-state index contributed by atoms with van der Waals surface area (Å²) in [6.45, 7) is 0. The van der Waals surface area contributed by atoms with Crippen molar-refractivity contribution < 1.29 is 14.3 Å². The fraction of sp³-hybridized carbons (Fsp3) is 0.0476. The van der Waals surface area contributed by atoms with Crippen molar-refractivity contribution in [2.75, 3.05) is 7.11 Å². The van der Waals surface area contributed by atoms with Gasteiger partial charge in [-0.05, 0) is 42.5 Å². The lowest BCUT2D eigenvalue weighted by Gasteiger charge is -2.13. The number of pyridine rings is 1. The average Bonchev–Trinajstić information content (AvgIpc) is 2.74. The van der Waals surface area contributed by atoms with Gasteiger partial charge in [0.1, 0.15) is 6.29 Å². The second kappa shape index (κ2) is 7.21. The molecule has 0 radical (unpaired) electrons. The molecule has 0 aliphatic heterocycles. The molecular weight excluding hydrogens is 342 g/mol. The predicted molar refractivity (Wildman–Crippen MR) is 101 cm³/mol. The number of hydrogen-bond acceptors (Lipinski definition) is 6. The first kappa shape index (κ1) is 16.7. The topological polar surface area (TPSA) is 74.2 Å². The van der Waals surface area contributed by atoms with Gasteiger partial charge in [-0.15, -0.1) is 0 Å². The molecule has 27 heavy (non-hydrogen) atoms. The fourth-order valence-electron chi connectivity index (χ4n) is 2.70. The van der Waals surface area contributed by atoms with E-state index < -0.39 is 0 Å². The number of carbonyl (C=O) groups is 1. The zero-order valence-corrected chi connectivity index (χ0v) is 14.5. The van der Waals surface area contributed by atoms with Crippen LogP contribution in [0, 0.1) is 0 Å². The number of fused-ring (bicyclic) bond motifs is 1. The van der Waals surface area contributed by atoms with Gasteiger partial charge in [0.2, 0.25) is 5.88 Å². The zero-order valence-electron chi connectivity index (χ0n) is 14.5. The largest absolute Gasteiger partial charge is 0.493 e. The van der Waals surface area contributed by atoms with Crippen molar-refractivity contribution in [1.29, 1.82) is 0 Å². The molecule has 0 bridgehead atoms. The number of rotatable bonds is 5. The third-order valence-electron chi connectivity index (χ3n) is 4.02. The summed E-state index contributed by atoms with van der Waals surface area (Å²) in [5.74, 6) is 1.83. The van der Waals surface area contributed by atoms with E-state index in [1.165, 1.54) is 7.11 Å². The fourth-order valence-corrected chi connectivity index (χ4v) is 2.70. The Hall–Kier alpha value is -3.80. The number of methoxy groups -OCH3 is 1. The SMILES string of the molecule is COc1cc(C=O)ccc1Oc1nc(-c2cccnc2)nc2ccccc12. The maximum Gasteiger partial charge on any atom is 0.230 e. The molecule has 0 unspecified atom stereocenters. The Morgan fingerprint density at radius 2 is 1.85 bits per heavy atom. The number of hydrogen-bond donors (Lipinski definition) is 0. The van der Waals surface area contributed by atoms with Gasteiger partial charge in [-0.1, -0.05) is 12.1 Å². The molecule has 2 aromatic carbocycles. The van der Waals surface area contributed by atoms with Crippen molar-refractivity contribution in [1.82, 2.24) is 15.0 Å². The summed E-state index contributed by atoms with van der Waals surface area (Å²) in [5, 5.41) is 0.770. The Kier molecular flexibility index (Phi) is 4.45. The number of carbonyl (C=O) groups excluding carboxylic acids is 1. The molecule has 6 heteroatoms. The third kappa shape index (κ3) is 3.32. The van der Waals surface area contributed by atoms with Crippen LogP contribution in [0.3, 0.4) is 0 Å². The van der Waals surface area contributed by atoms with E-state index in [1.54, 1.807) is 30.6 Å². The third-order valence-corrected chi connectivity index (χ3v) is 4.02.